The first-order valence-corrected chi connectivity index (χ1v) is 24.9. The number of rotatable bonds is 25. The van der Waals surface area contributed by atoms with Crippen molar-refractivity contribution in [2.45, 2.75) is 65.2 Å². The first-order valence-electron chi connectivity index (χ1n) is 24.1. The number of halogens is 1. The number of benzene rings is 6. The van der Waals surface area contributed by atoms with Gasteiger partial charge in [-0.3, -0.25) is 0 Å². The van der Waals surface area contributed by atoms with Gasteiger partial charge in [-0.1, -0.05) is 115 Å². The average Bonchev–Trinajstić information content (AvgIpc) is 3.34. The molecule has 67 heavy (non-hydrogen) atoms. The summed E-state index contributed by atoms with van der Waals surface area (Å²) in [6.45, 7) is 12.7. The van der Waals surface area contributed by atoms with Gasteiger partial charge in [0.05, 0.1) is 52.9 Å². The fourth-order valence-corrected chi connectivity index (χ4v) is 7.70. The predicted molar refractivity (Wildman–Crippen MR) is 279 cm³/mol. The third kappa shape index (κ3) is 19.2. The highest BCUT2D eigenvalue weighted by molar-refractivity contribution is 9.10. The van der Waals surface area contributed by atoms with Gasteiger partial charge in [0, 0.05) is 57.0 Å². The van der Waals surface area contributed by atoms with Crippen LogP contribution in [0.15, 0.2) is 174 Å². The van der Waals surface area contributed by atoms with Crippen molar-refractivity contribution < 1.29 is 28.4 Å². The first-order chi connectivity index (χ1) is 32.9. The predicted octanol–water partition coefficient (Wildman–Crippen LogP) is 15.0. The van der Waals surface area contributed by atoms with Gasteiger partial charge in [0.25, 0.3) is 0 Å². The molecule has 0 unspecified atom stereocenters. The van der Waals surface area contributed by atoms with Gasteiger partial charge in [0.2, 0.25) is 0 Å². The van der Waals surface area contributed by atoms with Gasteiger partial charge in [0.15, 0.2) is 0 Å². The normalized spacial score (nSPS) is 14.1. The smallest absolute Gasteiger partial charge is 0.119 e. The first kappa shape index (κ1) is 51.2. The molecule has 0 saturated carbocycles. The molecule has 0 bridgehead atoms. The Morgan fingerprint density at radius 1 is 0.433 bits per heavy atom. The molecule has 0 radical (unpaired) electrons. The molecule has 2 saturated heterocycles. The number of anilines is 5. The van der Waals surface area contributed by atoms with Crippen LogP contribution in [0.2, 0.25) is 0 Å². The van der Waals surface area contributed by atoms with Gasteiger partial charge in [-0.05, 0) is 136 Å². The van der Waals surface area contributed by atoms with E-state index in [2.05, 4.69) is 113 Å². The molecule has 0 spiro atoms. The molecule has 8 rings (SSSR count). The van der Waals surface area contributed by atoms with Gasteiger partial charge in [-0.25, -0.2) is 0 Å². The lowest BCUT2D eigenvalue weighted by Crippen LogP contribution is -2.43. The number of hydrogen-bond acceptors (Lipinski definition) is 8. The Bertz CT molecular complexity index is 2100. The molecule has 6 aromatic carbocycles. The molecule has 2 fully saturated rings. The Hall–Kier alpha value is -5.16. The minimum absolute atomic E-state index is 0.253. The van der Waals surface area contributed by atoms with E-state index in [1.165, 1.54) is 19.3 Å². The average molecular weight is 972 g/mol. The van der Waals surface area contributed by atoms with E-state index in [9.17, 15) is 0 Å². The van der Waals surface area contributed by atoms with Crippen LogP contribution < -0.4 is 19.7 Å². The Kier molecular flexibility index (Phi) is 22.1. The van der Waals surface area contributed by atoms with Crippen molar-refractivity contribution in [3.8, 4) is 11.5 Å². The molecule has 6 aromatic rings. The second-order valence-electron chi connectivity index (χ2n) is 18.0. The maximum absolute atomic E-state index is 5.98. The number of ether oxygens (including phenoxy) is 6. The van der Waals surface area contributed by atoms with Crippen molar-refractivity contribution in [2.75, 3.05) is 76.3 Å². The molecule has 2 aliphatic heterocycles. The molecule has 1 N–H and O–H groups in total. The minimum atomic E-state index is 0.253. The van der Waals surface area contributed by atoms with E-state index < -0.39 is 0 Å². The van der Waals surface area contributed by atoms with E-state index in [1.807, 2.05) is 97.1 Å². The monoisotopic (exact) mass is 970 g/mol. The van der Waals surface area contributed by atoms with Crippen molar-refractivity contribution in [3.05, 3.63) is 174 Å². The highest BCUT2D eigenvalue weighted by atomic mass is 79.9. The summed E-state index contributed by atoms with van der Waals surface area (Å²) in [4.78, 5) is 2.25. The third-order valence-electron chi connectivity index (χ3n) is 11.4. The van der Waals surface area contributed by atoms with Crippen LogP contribution in [0.25, 0.3) is 0 Å². The second kappa shape index (κ2) is 28.9. The van der Waals surface area contributed by atoms with Crippen molar-refractivity contribution in [3.63, 3.8) is 0 Å². The maximum Gasteiger partial charge on any atom is 0.119 e. The lowest BCUT2D eigenvalue weighted by atomic mass is 9.90. The summed E-state index contributed by atoms with van der Waals surface area (Å²) >= 11 is 3.41. The summed E-state index contributed by atoms with van der Waals surface area (Å²) in [6.07, 6.45) is 9.15. The van der Waals surface area contributed by atoms with Crippen LogP contribution >= 0.6 is 15.9 Å². The summed E-state index contributed by atoms with van der Waals surface area (Å²) < 4.78 is 34.7. The van der Waals surface area contributed by atoms with Gasteiger partial charge >= 0.3 is 0 Å². The van der Waals surface area contributed by atoms with Crippen LogP contribution in [-0.2, 0) is 18.9 Å². The second-order valence-corrected chi connectivity index (χ2v) is 19.0. The van der Waals surface area contributed by atoms with Crippen molar-refractivity contribution in [1.29, 1.82) is 0 Å². The Balaban J connectivity index is 0.000000185. The largest absolute Gasteiger partial charge is 0.494 e. The molecular formula is C58H71BrN2O6. The van der Waals surface area contributed by atoms with E-state index in [0.29, 0.717) is 0 Å². The quantitative estimate of drug-likeness (QED) is 0.0569. The fraction of sp³-hybridized carbons (Fsp3) is 0.379. The highest BCUT2D eigenvalue weighted by Gasteiger charge is 2.34. The summed E-state index contributed by atoms with van der Waals surface area (Å²) in [5, 5.41) is 3.30. The molecule has 9 heteroatoms. The van der Waals surface area contributed by atoms with E-state index in [4.69, 9.17) is 28.4 Å². The van der Waals surface area contributed by atoms with Gasteiger partial charge in [0.1, 0.15) is 11.5 Å². The van der Waals surface area contributed by atoms with Crippen LogP contribution in [0.5, 0.6) is 11.5 Å². The third-order valence-corrected chi connectivity index (χ3v) is 11.9. The molecule has 356 valence electrons. The Labute approximate surface area is 409 Å². The SMILES string of the molecule is CC1(COCCCCCCOc2ccc(Br)cc2)COC1.CC1(COCCCCCCOc2ccc(N(c3ccccc3)c3ccccc3)cc2)COC1.c1ccc(Nc2ccccc2)cc1. The van der Waals surface area contributed by atoms with Gasteiger partial charge in [-0.15, -0.1) is 0 Å². The lowest BCUT2D eigenvalue weighted by Gasteiger charge is -2.37. The zero-order valence-corrected chi connectivity index (χ0v) is 41.3. The molecule has 0 aromatic heterocycles. The summed E-state index contributed by atoms with van der Waals surface area (Å²) in [7, 11) is 0. The molecule has 0 aliphatic carbocycles. The molecule has 2 aliphatic rings. The van der Waals surface area contributed by atoms with Gasteiger partial charge < -0.3 is 38.6 Å². The van der Waals surface area contributed by atoms with E-state index in [-0.39, 0.29) is 10.8 Å². The van der Waals surface area contributed by atoms with Crippen molar-refractivity contribution >= 4 is 44.4 Å². The highest BCUT2D eigenvalue weighted by Crippen LogP contribution is 2.35. The topological polar surface area (TPSA) is 70.7 Å². The lowest BCUT2D eigenvalue weighted by molar-refractivity contribution is -0.138. The zero-order chi connectivity index (χ0) is 46.7. The summed E-state index contributed by atoms with van der Waals surface area (Å²) in [5.41, 5.74) is 6.15. The van der Waals surface area contributed by atoms with Crippen LogP contribution in [0.3, 0.4) is 0 Å². The van der Waals surface area contributed by atoms with Crippen LogP contribution in [0.1, 0.15) is 65.2 Å². The fourth-order valence-electron chi connectivity index (χ4n) is 7.44. The number of hydrogen-bond donors (Lipinski definition) is 1. The van der Waals surface area contributed by atoms with Crippen LogP contribution in [0, 0.1) is 10.8 Å². The van der Waals surface area contributed by atoms with Gasteiger partial charge in [-0.2, -0.15) is 0 Å². The molecular weight excluding hydrogens is 901 g/mol. The Morgan fingerprint density at radius 2 is 0.776 bits per heavy atom. The molecule has 2 heterocycles. The minimum Gasteiger partial charge on any atom is -0.494 e. The standard InChI is InChI=1S/C29H35NO3.C17H25BrO3.C12H11N/c1-29(23-32-24-29)22-31-20-10-2-3-11-21-33-28-18-16-27(17-19-28)30(25-12-6-4-7-13-25)26-14-8-5-9-15-26;1-17(13-20-14-17)12-19-10-4-2-3-5-11-21-16-8-6-15(18)7-9-16;1-3-7-11(8-4-1)13-12-9-5-2-6-10-12/h4-9,12-19H,2-3,10-11,20-24H2,1H3;6-9H,2-5,10-14H2,1H3;1-10,13H. The number of para-hydroxylation sites is 4. The number of nitrogens with zero attached hydrogens (tertiary/aromatic N) is 1. The molecule has 8 nitrogen and oxygen atoms in total. The number of nitrogens with one attached hydrogen (secondary N) is 1. The van der Waals surface area contributed by atoms with E-state index >= 15 is 0 Å². The number of unbranched alkanes of at least 4 members (excludes halogenated alkanes) is 6. The van der Waals surface area contributed by atoms with E-state index in [0.717, 1.165) is 143 Å². The van der Waals surface area contributed by atoms with E-state index in [1.54, 1.807) is 0 Å². The Morgan fingerprint density at radius 3 is 1.15 bits per heavy atom. The van der Waals surface area contributed by atoms with Crippen LogP contribution in [0.4, 0.5) is 28.4 Å². The summed E-state index contributed by atoms with van der Waals surface area (Å²) in [6, 6.07) is 57.5. The molecule has 0 atom stereocenters. The van der Waals surface area contributed by atoms with Crippen molar-refractivity contribution in [1.82, 2.24) is 0 Å². The molecule has 0 amide bonds. The maximum atomic E-state index is 5.98. The van der Waals surface area contributed by atoms with Crippen molar-refractivity contribution in [2.24, 2.45) is 10.8 Å². The van der Waals surface area contributed by atoms with Crippen LogP contribution in [-0.4, -0.2) is 66.1 Å². The zero-order valence-electron chi connectivity index (χ0n) is 39.7. The summed E-state index contributed by atoms with van der Waals surface area (Å²) in [5.74, 6) is 1.86.